The lowest BCUT2D eigenvalue weighted by Crippen LogP contribution is -2.28. The maximum atomic E-state index is 11.9. The lowest BCUT2D eigenvalue weighted by atomic mass is 10.2. The Morgan fingerprint density at radius 2 is 1.83 bits per heavy atom. The van der Waals surface area contributed by atoms with Gasteiger partial charge in [-0.25, -0.2) is 9.80 Å². The van der Waals surface area contributed by atoms with Crippen molar-refractivity contribution in [1.29, 1.82) is 0 Å². The summed E-state index contributed by atoms with van der Waals surface area (Å²) < 4.78 is 0. The molecule has 1 N–H and O–H groups in total. The molecule has 0 unspecified atom stereocenters. The van der Waals surface area contributed by atoms with Crippen LogP contribution in [0.4, 0.5) is 5.69 Å². The highest BCUT2D eigenvalue weighted by Crippen LogP contribution is 2.22. The van der Waals surface area contributed by atoms with E-state index in [1.807, 2.05) is 31.2 Å². The van der Waals surface area contributed by atoms with E-state index in [1.54, 1.807) is 30.3 Å². The average Bonchev–Trinajstić information content (AvgIpc) is 2.97. The number of anilines is 1. The molecule has 2 aromatic carbocycles. The van der Waals surface area contributed by atoms with Crippen LogP contribution in [0.5, 0.6) is 0 Å². The van der Waals surface area contributed by atoms with Crippen molar-refractivity contribution in [1.82, 2.24) is 5.59 Å². The first-order valence-corrected chi connectivity index (χ1v) is 7.19. The van der Waals surface area contributed by atoms with Crippen molar-refractivity contribution >= 4 is 17.6 Å². The maximum absolute atomic E-state index is 11.9. The first-order chi connectivity index (χ1) is 11.6. The second-order valence-electron chi connectivity index (χ2n) is 5.05. The van der Waals surface area contributed by atoms with E-state index >= 15 is 0 Å². The quantitative estimate of drug-likeness (QED) is 0.694. The van der Waals surface area contributed by atoms with Gasteiger partial charge in [0.05, 0.1) is 11.9 Å². The molecule has 7 nitrogen and oxygen atoms in total. The molecule has 2 aromatic rings. The number of aryl methyl sites for hydroxylation is 1. The molecule has 1 heterocycles. The number of nitrogens with zero attached hydrogens (tertiary/aromatic N) is 3. The van der Waals surface area contributed by atoms with Gasteiger partial charge in [-0.2, -0.15) is 5.11 Å². The third kappa shape index (κ3) is 3.36. The van der Waals surface area contributed by atoms with Gasteiger partial charge >= 0.3 is 5.97 Å². The van der Waals surface area contributed by atoms with E-state index in [9.17, 15) is 9.59 Å². The molecule has 1 amide bonds. The minimum atomic E-state index is -0.610. The van der Waals surface area contributed by atoms with Crippen LogP contribution in [0.1, 0.15) is 15.9 Å². The van der Waals surface area contributed by atoms with Gasteiger partial charge < -0.3 is 4.84 Å². The molecule has 0 radical (unpaired) electrons. The number of nitrogens with one attached hydrogen (secondary N) is 1. The Morgan fingerprint density at radius 3 is 2.54 bits per heavy atom. The zero-order valence-electron chi connectivity index (χ0n) is 12.8. The summed E-state index contributed by atoms with van der Waals surface area (Å²) in [7, 11) is 0. The van der Waals surface area contributed by atoms with Gasteiger partial charge in [0.15, 0.2) is 5.70 Å². The van der Waals surface area contributed by atoms with Crippen LogP contribution in [0, 0.1) is 6.92 Å². The first kappa shape index (κ1) is 15.6. The Balaban J connectivity index is 1.79. The zero-order valence-corrected chi connectivity index (χ0v) is 12.8. The molecule has 0 atom stereocenters. The van der Waals surface area contributed by atoms with Crippen molar-refractivity contribution in [3.63, 3.8) is 0 Å². The third-order valence-electron chi connectivity index (χ3n) is 3.32. The summed E-state index contributed by atoms with van der Waals surface area (Å²) in [5.74, 6) is -1.10. The summed E-state index contributed by atoms with van der Waals surface area (Å²) in [6.07, 6.45) is 1.18. The molecule has 0 saturated carbocycles. The van der Waals surface area contributed by atoms with Crippen LogP contribution in [0.15, 0.2) is 76.7 Å². The Labute approximate surface area is 138 Å². The fraction of sp³-hybridized carbons (Fsp3) is 0.0588. The Morgan fingerprint density at radius 1 is 1.12 bits per heavy atom. The predicted octanol–water partition coefficient (Wildman–Crippen LogP) is 2.91. The normalized spacial score (nSPS) is 16.0. The zero-order chi connectivity index (χ0) is 16.9. The van der Waals surface area contributed by atoms with Crippen molar-refractivity contribution in [2.45, 2.75) is 6.92 Å². The van der Waals surface area contributed by atoms with Gasteiger partial charge in [-0.05, 0) is 31.2 Å². The van der Waals surface area contributed by atoms with Gasteiger partial charge in [0.1, 0.15) is 0 Å². The van der Waals surface area contributed by atoms with Gasteiger partial charge in [0.25, 0.3) is 5.91 Å². The monoisotopic (exact) mass is 322 g/mol. The number of hydrazine groups is 1. The molecule has 1 aliphatic heterocycles. The molecule has 1 fully saturated rings. The van der Waals surface area contributed by atoms with Crippen LogP contribution < -0.4 is 10.6 Å². The van der Waals surface area contributed by atoms with Crippen molar-refractivity contribution in [2.24, 2.45) is 10.2 Å². The maximum Gasteiger partial charge on any atom is 0.378 e. The van der Waals surface area contributed by atoms with Crippen molar-refractivity contribution in [3.05, 3.63) is 77.6 Å². The van der Waals surface area contributed by atoms with Gasteiger partial charge in [0.2, 0.25) is 0 Å². The fourth-order valence-electron chi connectivity index (χ4n) is 2.05. The summed E-state index contributed by atoms with van der Waals surface area (Å²) >= 11 is 0. The van der Waals surface area contributed by atoms with E-state index in [-0.39, 0.29) is 5.70 Å². The number of carbonyl (C=O) groups is 2. The molecule has 1 saturated heterocycles. The number of amides is 1. The van der Waals surface area contributed by atoms with E-state index in [0.717, 1.165) is 5.56 Å². The minimum Gasteiger partial charge on any atom is -0.345 e. The number of azo groups is 1. The summed E-state index contributed by atoms with van der Waals surface area (Å²) in [6.45, 7) is 1.96. The predicted molar refractivity (Wildman–Crippen MR) is 86.6 cm³/mol. The summed E-state index contributed by atoms with van der Waals surface area (Å²) in [6, 6.07) is 16.0. The molecular weight excluding hydrogens is 308 g/mol. The molecule has 0 bridgehead atoms. The minimum absolute atomic E-state index is 0.128. The van der Waals surface area contributed by atoms with E-state index in [0.29, 0.717) is 11.3 Å². The van der Waals surface area contributed by atoms with Gasteiger partial charge in [-0.1, -0.05) is 41.5 Å². The molecule has 120 valence electrons. The Kier molecular flexibility index (Phi) is 4.44. The molecule has 1 aliphatic rings. The molecule has 24 heavy (non-hydrogen) atoms. The second kappa shape index (κ2) is 6.84. The highest BCUT2D eigenvalue weighted by Gasteiger charge is 2.29. The van der Waals surface area contributed by atoms with Crippen LogP contribution in [0.3, 0.4) is 0 Å². The van der Waals surface area contributed by atoms with Gasteiger partial charge in [0, 0.05) is 5.56 Å². The highest BCUT2D eigenvalue weighted by atomic mass is 16.7. The van der Waals surface area contributed by atoms with E-state index in [1.165, 1.54) is 11.2 Å². The van der Waals surface area contributed by atoms with Crippen molar-refractivity contribution in [3.8, 4) is 0 Å². The van der Waals surface area contributed by atoms with Crippen molar-refractivity contribution in [2.75, 3.05) is 5.01 Å². The molecule has 7 heteroatoms. The third-order valence-corrected chi connectivity index (χ3v) is 3.32. The summed E-state index contributed by atoms with van der Waals surface area (Å²) in [5, 5.41) is 8.71. The largest absolute Gasteiger partial charge is 0.378 e. The lowest BCUT2D eigenvalue weighted by Gasteiger charge is -2.14. The van der Waals surface area contributed by atoms with Crippen LogP contribution in [0.25, 0.3) is 0 Å². The van der Waals surface area contributed by atoms with Gasteiger partial charge in [-0.15, -0.1) is 5.11 Å². The van der Waals surface area contributed by atoms with E-state index in [4.69, 9.17) is 4.84 Å². The number of hydrogen-bond acceptors (Lipinski definition) is 6. The average molecular weight is 322 g/mol. The van der Waals surface area contributed by atoms with Crippen molar-refractivity contribution < 1.29 is 14.4 Å². The topological polar surface area (TPSA) is 83.4 Å². The van der Waals surface area contributed by atoms with E-state index in [2.05, 4.69) is 15.8 Å². The molecule has 0 aliphatic carbocycles. The number of benzene rings is 2. The number of carbonyl (C=O) groups excluding carboxylic acids is 2. The number of rotatable bonds is 3. The SMILES string of the molecule is Cc1ccc(N2NOC(=O)/C2=C\N=NC(=O)c2ccccc2)cc1. The standard InChI is InChI=1S/C17H14N4O3/c1-12-7-9-14(10-8-12)21-15(17(23)24-20-21)11-18-19-16(22)13-5-3-2-4-6-13/h2-11,20H,1H3/b15-11+,19-18?. The summed E-state index contributed by atoms with van der Waals surface area (Å²) in [5.41, 5.74) is 4.82. The van der Waals surface area contributed by atoms with Crippen LogP contribution in [0.2, 0.25) is 0 Å². The molecule has 0 spiro atoms. The molecular formula is C17H14N4O3. The summed E-state index contributed by atoms with van der Waals surface area (Å²) in [4.78, 5) is 28.4. The molecule has 3 rings (SSSR count). The number of hydrogen-bond donors (Lipinski definition) is 1. The van der Waals surface area contributed by atoms with E-state index < -0.39 is 11.9 Å². The smallest absolute Gasteiger partial charge is 0.345 e. The van der Waals surface area contributed by atoms with Crippen LogP contribution in [-0.2, 0) is 9.63 Å². The Hall–Kier alpha value is -3.32. The van der Waals surface area contributed by atoms with Crippen LogP contribution in [-0.4, -0.2) is 11.9 Å². The second-order valence-corrected chi connectivity index (χ2v) is 5.05. The first-order valence-electron chi connectivity index (χ1n) is 7.19. The van der Waals surface area contributed by atoms with Crippen LogP contribution >= 0.6 is 0 Å². The lowest BCUT2D eigenvalue weighted by molar-refractivity contribution is -0.140. The van der Waals surface area contributed by atoms with Gasteiger partial charge in [-0.3, -0.25) is 4.79 Å². The fourth-order valence-corrected chi connectivity index (χ4v) is 2.05. The molecule has 0 aromatic heterocycles. The highest BCUT2D eigenvalue weighted by molar-refractivity contribution is 5.95. The Bertz CT molecular complexity index is 813.